The van der Waals surface area contributed by atoms with Gasteiger partial charge in [0.2, 0.25) is 21.8 Å². The molecule has 0 aromatic heterocycles. The third-order valence-electron chi connectivity index (χ3n) is 4.74. The lowest BCUT2D eigenvalue weighted by molar-refractivity contribution is -0.140. The summed E-state index contributed by atoms with van der Waals surface area (Å²) < 4.78 is 26.7. The number of rotatable bonds is 9. The first kappa shape index (κ1) is 26.4. The Bertz CT molecular complexity index is 1100. The Morgan fingerprint density at radius 1 is 1.12 bits per heavy atom. The highest BCUT2D eigenvalue weighted by atomic mass is 79.9. The van der Waals surface area contributed by atoms with Crippen molar-refractivity contribution in [1.82, 2.24) is 10.2 Å². The van der Waals surface area contributed by atoms with E-state index >= 15 is 0 Å². The fraction of sp³-hybridized carbons (Fsp3) is 0.333. The molecule has 0 fully saturated rings. The van der Waals surface area contributed by atoms with Gasteiger partial charge in [-0.15, -0.1) is 0 Å². The quantitative estimate of drug-likeness (QED) is 0.497. The van der Waals surface area contributed by atoms with Gasteiger partial charge in [0.25, 0.3) is 0 Å². The van der Waals surface area contributed by atoms with Crippen molar-refractivity contribution in [3.63, 3.8) is 0 Å². The third-order valence-corrected chi connectivity index (χ3v) is 7.12. The summed E-state index contributed by atoms with van der Waals surface area (Å²) in [4.78, 5) is 27.3. The summed E-state index contributed by atoms with van der Waals surface area (Å²) in [5.74, 6) is -0.883. The van der Waals surface area contributed by atoms with Crippen molar-refractivity contribution in [2.45, 2.75) is 25.9 Å². The number of hydrogen-bond donors (Lipinski definition) is 1. The predicted octanol–water partition coefficient (Wildman–Crippen LogP) is 4.08. The van der Waals surface area contributed by atoms with Crippen molar-refractivity contribution >= 4 is 66.7 Å². The van der Waals surface area contributed by atoms with E-state index < -0.39 is 28.5 Å². The van der Waals surface area contributed by atoms with Crippen LogP contribution in [-0.4, -0.2) is 51.0 Å². The highest BCUT2D eigenvalue weighted by molar-refractivity contribution is 9.10. The summed E-state index contributed by atoms with van der Waals surface area (Å²) in [5, 5.41) is 3.24. The van der Waals surface area contributed by atoms with E-state index in [2.05, 4.69) is 21.2 Å². The molecule has 0 aliphatic heterocycles. The van der Waals surface area contributed by atoms with Crippen molar-refractivity contribution in [1.29, 1.82) is 0 Å². The van der Waals surface area contributed by atoms with E-state index in [4.69, 9.17) is 23.2 Å². The minimum absolute atomic E-state index is 0.0533. The van der Waals surface area contributed by atoms with E-state index in [0.717, 1.165) is 10.6 Å². The summed E-state index contributed by atoms with van der Waals surface area (Å²) >= 11 is 15.4. The van der Waals surface area contributed by atoms with Crippen molar-refractivity contribution in [3.8, 4) is 0 Å². The fourth-order valence-electron chi connectivity index (χ4n) is 3.17. The molecule has 2 rings (SSSR count). The normalized spacial score (nSPS) is 12.2. The molecule has 32 heavy (non-hydrogen) atoms. The monoisotopic (exact) mass is 563 g/mol. The molecular weight excluding hydrogens is 541 g/mol. The molecule has 11 heteroatoms. The van der Waals surface area contributed by atoms with Crippen molar-refractivity contribution < 1.29 is 18.0 Å². The second-order valence-electron chi connectivity index (χ2n) is 7.06. The molecule has 0 saturated carbocycles. The van der Waals surface area contributed by atoms with Gasteiger partial charge in [-0.05, 0) is 42.3 Å². The van der Waals surface area contributed by atoms with Crippen LogP contribution in [0.15, 0.2) is 46.9 Å². The Labute approximate surface area is 206 Å². The molecule has 0 heterocycles. The molecule has 2 aromatic carbocycles. The number of benzene rings is 2. The molecule has 1 atom stereocenters. The number of amides is 2. The van der Waals surface area contributed by atoms with Crippen LogP contribution < -0.4 is 9.62 Å². The van der Waals surface area contributed by atoms with Gasteiger partial charge in [0.05, 0.1) is 22.0 Å². The average Bonchev–Trinajstić information content (AvgIpc) is 2.73. The van der Waals surface area contributed by atoms with Crippen LogP contribution in [0.25, 0.3) is 0 Å². The Morgan fingerprint density at radius 3 is 2.34 bits per heavy atom. The highest BCUT2D eigenvalue weighted by Gasteiger charge is 2.31. The van der Waals surface area contributed by atoms with Gasteiger partial charge in [0.15, 0.2) is 0 Å². The van der Waals surface area contributed by atoms with Gasteiger partial charge in [0.1, 0.15) is 12.6 Å². The second kappa shape index (κ2) is 11.4. The molecule has 2 amide bonds. The lowest BCUT2D eigenvalue weighted by atomic mass is 10.1. The number of anilines is 1. The van der Waals surface area contributed by atoms with Crippen molar-refractivity contribution in [2.75, 3.05) is 24.2 Å². The van der Waals surface area contributed by atoms with Crippen LogP contribution in [0.1, 0.15) is 18.9 Å². The number of carbonyl (C=O) groups is 2. The first-order chi connectivity index (χ1) is 15.0. The predicted molar refractivity (Wildman–Crippen MR) is 131 cm³/mol. The van der Waals surface area contributed by atoms with Crippen molar-refractivity contribution in [3.05, 3.63) is 62.5 Å². The number of halogens is 3. The Balaban J connectivity index is 2.44. The fourth-order valence-corrected chi connectivity index (χ4v) is 4.72. The van der Waals surface area contributed by atoms with E-state index in [-0.39, 0.29) is 12.5 Å². The van der Waals surface area contributed by atoms with Gasteiger partial charge >= 0.3 is 0 Å². The van der Waals surface area contributed by atoms with Crippen molar-refractivity contribution in [2.24, 2.45) is 0 Å². The lowest BCUT2D eigenvalue weighted by Crippen LogP contribution is -2.51. The Morgan fingerprint density at radius 2 is 1.81 bits per heavy atom. The lowest BCUT2D eigenvalue weighted by Gasteiger charge is -2.32. The first-order valence-electron chi connectivity index (χ1n) is 9.66. The van der Waals surface area contributed by atoms with Crippen LogP contribution in [0.5, 0.6) is 0 Å². The van der Waals surface area contributed by atoms with E-state index in [1.807, 2.05) is 0 Å². The maximum atomic E-state index is 13.4. The third kappa shape index (κ3) is 6.84. The summed E-state index contributed by atoms with van der Waals surface area (Å²) in [6, 6.07) is 10.7. The SMILES string of the molecule is CC[C@H](C(=O)NC)N(Cc1ccc(Cl)c(Cl)c1)C(=O)CN(c1cccc(Br)c1)S(C)(=O)=O. The van der Waals surface area contributed by atoms with E-state index in [1.165, 1.54) is 11.9 Å². The molecule has 0 saturated heterocycles. The van der Waals surface area contributed by atoms with Crippen LogP contribution in [0.4, 0.5) is 5.69 Å². The van der Waals surface area contributed by atoms with Crippen LogP contribution in [0.3, 0.4) is 0 Å². The van der Waals surface area contributed by atoms with Gasteiger partial charge < -0.3 is 10.2 Å². The number of sulfonamides is 1. The minimum atomic E-state index is -3.78. The molecular formula is C21H24BrCl2N3O4S. The molecule has 0 unspecified atom stereocenters. The number of nitrogens with zero attached hydrogens (tertiary/aromatic N) is 2. The van der Waals surface area contributed by atoms with Gasteiger partial charge in [-0.25, -0.2) is 8.42 Å². The zero-order valence-corrected chi connectivity index (χ0v) is 21.7. The molecule has 0 bridgehead atoms. The number of hydrogen-bond acceptors (Lipinski definition) is 4. The topological polar surface area (TPSA) is 86.8 Å². The minimum Gasteiger partial charge on any atom is -0.357 e. The van der Waals surface area contributed by atoms with Gasteiger partial charge in [-0.3, -0.25) is 13.9 Å². The zero-order chi connectivity index (χ0) is 24.1. The highest BCUT2D eigenvalue weighted by Crippen LogP contribution is 2.25. The first-order valence-corrected chi connectivity index (χ1v) is 13.1. The molecule has 174 valence electrons. The molecule has 0 radical (unpaired) electrons. The van der Waals surface area contributed by atoms with Crippen LogP contribution in [-0.2, 0) is 26.2 Å². The van der Waals surface area contributed by atoms with Crippen LogP contribution in [0.2, 0.25) is 10.0 Å². The average molecular weight is 565 g/mol. The summed E-state index contributed by atoms with van der Waals surface area (Å²) in [6.07, 6.45) is 1.36. The van der Waals surface area contributed by atoms with Crippen LogP contribution in [0, 0.1) is 0 Å². The van der Waals surface area contributed by atoms with Gasteiger partial charge in [-0.1, -0.05) is 58.2 Å². The van der Waals surface area contributed by atoms with Gasteiger partial charge in [-0.2, -0.15) is 0 Å². The van der Waals surface area contributed by atoms with Gasteiger partial charge in [0, 0.05) is 18.1 Å². The number of carbonyl (C=O) groups excluding carboxylic acids is 2. The van der Waals surface area contributed by atoms with E-state index in [9.17, 15) is 18.0 Å². The summed E-state index contributed by atoms with van der Waals surface area (Å²) in [6.45, 7) is 1.36. The summed E-state index contributed by atoms with van der Waals surface area (Å²) in [5.41, 5.74) is 0.987. The molecule has 1 N–H and O–H groups in total. The molecule has 0 aliphatic carbocycles. The molecule has 0 spiro atoms. The molecule has 0 aliphatic rings. The van der Waals surface area contributed by atoms with Crippen LogP contribution >= 0.6 is 39.1 Å². The molecule has 2 aromatic rings. The maximum absolute atomic E-state index is 13.4. The number of likely N-dealkylation sites (N-methyl/N-ethyl adjacent to an activating group) is 1. The Hall–Kier alpha value is -1.81. The Kier molecular flexibility index (Phi) is 9.39. The largest absolute Gasteiger partial charge is 0.357 e. The van der Waals surface area contributed by atoms with E-state index in [0.29, 0.717) is 32.2 Å². The second-order valence-corrected chi connectivity index (χ2v) is 10.7. The van der Waals surface area contributed by atoms with E-state index in [1.54, 1.807) is 49.4 Å². The standard InChI is InChI=1S/C21H24BrCl2N3O4S/c1-4-19(21(29)25-2)26(12-14-8-9-17(23)18(24)10-14)20(28)13-27(32(3,30)31)16-7-5-6-15(22)11-16/h5-11,19H,4,12-13H2,1-3H3,(H,25,29)/t19-/m1/s1. The zero-order valence-electron chi connectivity index (χ0n) is 17.8. The molecule has 7 nitrogen and oxygen atoms in total. The number of nitrogens with one attached hydrogen (secondary N) is 1. The maximum Gasteiger partial charge on any atom is 0.244 e. The smallest absolute Gasteiger partial charge is 0.244 e. The summed E-state index contributed by atoms with van der Waals surface area (Å²) in [7, 11) is -2.30.